The van der Waals surface area contributed by atoms with Crippen LogP contribution in [-0.4, -0.2) is 55.1 Å². The van der Waals surface area contributed by atoms with Gasteiger partial charge < -0.3 is 15.1 Å². The van der Waals surface area contributed by atoms with Crippen molar-refractivity contribution in [2.45, 2.75) is 19.4 Å². The predicted octanol–water partition coefficient (Wildman–Crippen LogP) is 1.19. The Labute approximate surface area is 120 Å². The molecule has 0 aromatic carbocycles. The third-order valence-corrected chi connectivity index (χ3v) is 4.19. The second-order valence-electron chi connectivity index (χ2n) is 5.67. The average molecular weight is 273 g/mol. The summed E-state index contributed by atoms with van der Waals surface area (Å²) in [5, 5.41) is 3.56. The molecule has 108 valence electrons. The lowest BCUT2D eigenvalue weighted by Gasteiger charge is -2.37. The molecule has 2 aliphatic rings. The van der Waals surface area contributed by atoms with E-state index in [1.165, 1.54) is 6.42 Å². The van der Waals surface area contributed by atoms with Gasteiger partial charge in [0.25, 0.3) is 0 Å². The van der Waals surface area contributed by atoms with E-state index in [0.717, 1.165) is 43.9 Å². The van der Waals surface area contributed by atoms with Crippen molar-refractivity contribution in [3.63, 3.8) is 0 Å². The van der Waals surface area contributed by atoms with Crippen LogP contribution in [0.25, 0.3) is 0 Å². The summed E-state index contributed by atoms with van der Waals surface area (Å²) in [5.74, 6) is 2.92. The van der Waals surface area contributed by atoms with Gasteiger partial charge in [-0.3, -0.25) is 4.99 Å². The second-order valence-corrected chi connectivity index (χ2v) is 5.67. The molecular formula is C15H23N5. The number of hydrogen-bond donors (Lipinski definition) is 1. The molecule has 1 aromatic heterocycles. The quantitative estimate of drug-likeness (QED) is 0.649. The Morgan fingerprint density at radius 3 is 2.60 bits per heavy atom. The highest BCUT2D eigenvalue weighted by molar-refractivity contribution is 5.80. The molecule has 3 rings (SSSR count). The van der Waals surface area contributed by atoms with Crippen molar-refractivity contribution in [1.29, 1.82) is 0 Å². The lowest BCUT2D eigenvalue weighted by Crippen LogP contribution is -2.53. The van der Waals surface area contributed by atoms with E-state index >= 15 is 0 Å². The molecule has 2 fully saturated rings. The number of guanidine groups is 1. The number of anilines is 1. The van der Waals surface area contributed by atoms with Crippen molar-refractivity contribution < 1.29 is 0 Å². The van der Waals surface area contributed by atoms with Gasteiger partial charge in [0.1, 0.15) is 5.82 Å². The smallest absolute Gasteiger partial charge is 0.193 e. The van der Waals surface area contributed by atoms with Crippen molar-refractivity contribution >= 4 is 11.8 Å². The summed E-state index contributed by atoms with van der Waals surface area (Å²) < 4.78 is 0. The third-order valence-electron chi connectivity index (χ3n) is 4.19. The summed E-state index contributed by atoms with van der Waals surface area (Å²) in [6, 6.07) is 6.71. The summed E-state index contributed by atoms with van der Waals surface area (Å²) in [6.07, 6.45) is 3.13. The molecule has 2 atom stereocenters. The van der Waals surface area contributed by atoms with Gasteiger partial charge in [-0.25, -0.2) is 4.98 Å². The van der Waals surface area contributed by atoms with E-state index in [0.29, 0.717) is 6.04 Å². The van der Waals surface area contributed by atoms with Crippen LogP contribution in [0.2, 0.25) is 0 Å². The van der Waals surface area contributed by atoms with Crippen LogP contribution in [0.3, 0.4) is 0 Å². The van der Waals surface area contributed by atoms with Crippen LogP contribution in [0, 0.1) is 5.92 Å². The number of aromatic nitrogens is 1. The molecule has 0 amide bonds. The number of piperazine rings is 1. The molecule has 5 nitrogen and oxygen atoms in total. The summed E-state index contributed by atoms with van der Waals surface area (Å²) >= 11 is 0. The van der Waals surface area contributed by atoms with Crippen LogP contribution in [-0.2, 0) is 0 Å². The number of rotatable bonds is 2. The van der Waals surface area contributed by atoms with Gasteiger partial charge in [-0.05, 0) is 24.5 Å². The van der Waals surface area contributed by atoms with E-state index in [1.54, 1.807) is 0 Å². The van der Waals surface area contributed by atoms with Crippen molar-refractivity contribution in [3.05, 3.63) is 24.4 Å². The topological polar surface area (TPSA) is 43.8 Å². The zero-order chi connectivity index (χ0) is 13.9. The van der Waals surface area contributed by atoms with Gasteiger partial charge in [0, 0.05) is 45.5 Å². The van der Waals surface area contributed by atoms with Crippen molar-refractivity contribution in [2.24, 2.45) is 10.9 Å². The fourth-order valence-corrected chi connectivity index (χ4v) is 2.67. The molecule has 1 aliphatic heterocycles. The van der Waals surface area contributed by atoms with Crippen LogP contribution in [0.5, 0.6) is 0 Å². The summed E-state index contributed by atoms with van der Waals surface area (Å²) in [7, 11) is 1.88. The maximum Gasteiger partial charge on any atom is 0.193 e. The Morgan fingerprint density at radius 2 is 2.05 bits per heavy atom. The molecule has 0 spiro atoms. The molecular weight excluding hydrogens is 250 g/mol. The minimum absolute atomic E-state index is 0.627. The minimum atomic E-state index is 0.627. The number of nitrogens with zero attached hydrogens (tertiary/aromatic N) is 4. The molecule has 1 saturated carbocycles. The second kappa shape index (κ2) is 5.69. The zero-order valence-corrected chi connectivity index (χ0v) is 12.3. The van der Waals surface area contributed by atoms with E-state index in [-0.39, 0.29) is 0 Å². The average Bonchev–Trinajstić information content (AvgIpc) is 3.21. The molecule has 2 unspecified atom stereocenters. The fourth-order valence-electron chi connectivity index (χ4n) is 2.67. The monoisotopic (exact) mass is 273 g/mol. The van der Waals surface area contributed by atoms with E-state index < -0.39 is 0 Å². The Bertz CT molecular complexity index is 464. The van der Waals surface area contributed by atoms with Crippen LogP contribution in [0.15, 0.2) is 29.4 Å². The largest absolute Gasteiger partial charge is 0.353 e. The SMILES string of the molecule is CN=C(NC1CC1C)N1CCN(c2ccccn2)CC1. The summed E-state index contributed by atoms with van der Waals surface area (Å²) in [4.78, 5) is 13.5. The molecule has 0 bridgehead atoms. The van der Waals surface area contributed by atoms with Gasteiger partial charge in [-0.15, -0.1) is 0 Å². The maximum atomic E-state index is 4.42. The molecule has 2 heterocycles. The normalized spacial score (nSPS) is 26.6. The van der Waals surface area contributed by atoms with E-state index in [1.807, 2.05) is 25.4 Å². The first-order chi connectivity index (χ1) is 9.78. The Balaban J connectivity index is 1.55. The highest BCUT2D eigenvalue weighted by Gasteiger charge is 2.34. The van der Waals surface area contributed by atoms with Crippen LogP contribution >= 0.6 is 0 Å². The molecule has 0 radical (unpaired) electrons. The zero-order valence-electron chi connectivity index (χ0n) is 12.3. The molecule has 1 N–H and O–H groups in total. The summed E-state index contributed by atoms with van der Waals surface area (Å²) in [5.41, 5.74) is 0. The van der Waals surface area contributed by atoms with Gasteiger partial charge in [0.2, 0.25) is 0 Å². The van der Waals surface area contributed by atoms with E-state index in [4.69, 9.17) is 0 Å². The Morgan fingerprint density at radius 1 is 1.30 bits per heavy atom. The number of pyridine rings is 1. The summed E-state index contributed by atoms with van der Waals surface area (Å²) in [6.45, 7) is 6.27. The maximum absolute atomic E-state index is 4.42. The molecule has 1 aliphatic carbocycles. The van der Waals surface area contributed by atoms with Crippen molar-refractivity contribution in [3.8, 4) is 0 Å². The molecule has 5 heteroatoms. The highest BCUT2D eigenvalue weighted by Crippen LogP contribution is 2.29. The Hall–Kier alpha value is -1.78. The first-order valence-electron chi connectivity index (χ1n) is 7.42. The highest BCUT2D eigenvalue weighted by atomic mass is 15.4. The Kier molecular flexibility index (Phi) is 3.76. The first kappa shape index (κ1) is 13.2. The van der Waals surface area contributed by atoms with Gasteiger partial charge >= 0.3 is 0 Å². The van der Waals surface area contributed by atoms with E-state index in [2.05, 4.69) is 38.1 Å². The van der Waals surface area contributed by atoms with Gasteiger partial charge in [0.05, 0.1) is 0 Å². The predicted molar refractivity (Wildman–Crippen MR) is 82.1 cm³/mol. The van der Waals surface area contributed by atoms with Gasteiger partial charge in [-0.2, -0.15) is 0 Å². The first-order valence-corrected chi connectivity index (χ1v) is 7.42. The van der Waals surface area contributed by atoms with Gasteiger partial charge in [0.15, 0.2) is 5.96 Å². The standard InChI is InChI=1S/C15H23N5/c1-12-11-13(12)18-15(16-2)20-9-7-19(8-10-20)14-5-3-4-6-17-14/h3-6,12-13H,7-11H2,1-2H3,(H,16,18). The van der Waals surface area contributed by atoms with Crippen LogP contribution < -0.4 is 10.2 Å². The molecule has 1 saturated heterocycles. The third kappa shape index (κ3) is 2.86. The molecule has 20 heavy (non-hydrogen) atoms. The molecule has 1 aromatic rings. The minimum Gasteiger partial charge on any atom is -0.353 e. The van der Waals surface area contributed by atoms with Crippen molar-refractivity contribution in [2.75, 3.05) is 38.1 Å². The number of nitrogens with one attached hydrogen (secondary N) is 1. The van der Waals surface area contributed by atoms with Gasteiger partial charge in [-0.1, -0.05) is 13.0 Å². The van der Waals surface area contributed by atoms with Crippen LogP contribution in [0.1, 0.15) is 13.3 Å². The lowest BCUT2D eigenvalue weighted by molar-refractivity contribution is 0.370. The van der Waals surface area contributed by atoms with Crippen molar-refractivity contribution in [1.82, 2.24) is 15.2 Å². The number of hydrogen-bond acceptors (Lipinski definition) is 3. The lowest BCUT2D eigenvalue weighted by atomic mass is 10.3. The fraction of sp³-hybridized carbons (Fsp3) is 0.600. The number of aliphatic imine (C=N–C) groups is 1. The van der Waals surface area contributed by atoms with Crippen LogP contribution in [0.4, 0.5) is 5.82 Å². The van der Waals surface area contributed by atoms with E-state index in [9.17, 15) is 0 Å².